The van der Waals surface area contributed by atoms with E-state index in [1.807, 2.05) is 6.07 Å². The van der Waals surface area contributed by atoms with Crippen molar-refractivity contribution in [1.29, 1.82) is 0 Å². The van der Waals surface area contributed by atoms with Gasteiger partial charge in [0, 0.05) is 31.9 Å². The molecule has 6 heteroatoms. The number of rotatable bonds is 2. The summed E-state index contributed by atoms with van der Waals surface area (Å²) in [4.78, 5) is 18.2. The van der Waals surface area contributed by atoms with Crippen molar-refractivity contribution in [3.8, 4) is 0 Å². The van der Waals surface area contributed by atoms with Gasteiger partial charge in [-0.1, -0.05) is 0 Å². The van der Waals surface area contributed by atoms with E-state index in [0.717, 1.165) is 50.4 Å². The van der Waals surface area contributed by atoms with Crippen molar-refractivity contribution >= 4 is 5.91 Å². The Bertz CT molecular complexity index is 500. The zero-order valence-electron chi connectivity index (χ0n) is 11.3. The molecule has 0 saturated carbocycles. The van der Waals surface area contributed by atoms with E-state index in [-0.39, 0.29) is 0 Å². The molecule has 0 radical (unpaired) electrons. The van der Waals surface area contributed by atoms with Crippen LogP contribution >= 0.6 is 0 Å². The monoisotopic (exact) mass is 277 g/mol. The quantitative estimate of drug-likeness (QED) is 0.616. The molecule has 1 atom stereocenters. The number of carbonyl (C=O) groups excluding carboxylic acids is 1. The number of aromatic nitrogens is 1. The van der Waals surface area contributed by atoms with Crippen LogP contribution in [0.3, 0.4) is 0 Å². The topological polar surface area (TPSA) is 74.7 Å². The van der Waals surface area contributed by atoms with E-state index in [2.05, 4.69) is 9.88 Å². The molecule has 2 aliphatic rings. The van der Waals surface area contributed by atoms with Crippen LogP contribution in [0.1, 0.15) is 34.5 Å². The molecule has 1 aromatic heterocycles. The van der Waals surface area contributed by atoms with Crippen molar-refractivity contribution in [2.24, 2.45) is 0 Å². The van der Waals surface area contributed by atoms with Crippen LogP contribution in [-0.4, -0.2) is 46.8 Å². The second-order valence-electron chi connectivity index (χ2n) is 5.36. The fourth-order valence-electron chi connectivity index (χ4n) is 2.95. The van der Waals surface area contributed by atoms with Gasteiger partial charge in [0.2, 0.25) is 0 Å². The Hall–Kier alpha value is -1.50. The molecule has 1 saturated heterocycles. The Balaban J connectivity index is 1.73. The molecule has 2 N–H and O–H groups in total. The van der Waals surface area contributed by atoms with Crippen molar-refractivity contribution in [2.45, 2.75) is 31.8 Å². The summed E-state index contributed by atoms with van der Waals surface area (Å²) in [7, 11) is 0. The SMILES string of the molecule is O=C(NO)c1cnc2c(c1)CCN(C1CCCOC1)C2. The van der Waals surface area contributed by atoms with Gasteiger partial charge < -0.3 is 4.74 Å². The molecule has 1 amide bonds. The van der Waals surface area contributed by atoms with Crippen molar-refractivity contribution in [3.05, 3.63) is 29.1 Å². The molecule has 3 heterocycles. The van der Waals surface area contributed by atoms with Gasteiger partial charge in [0.25, 0.3) is 5.91 Å². The van der Waals surface area contributed by atoms with Crippen LogP contribution in [0, 0.1) is 0 Å². The van der Waals surface area contributed by atoms with Crippen LogP contribution in [-0.2, 0) is 17.7 Å². The smallest absolute Gasteiger partial charge is 0.276 e. The zero-order valence-corrected chi connectivity index (χ0v) is 11.3. The minimum Gasteiger partial charge on any atom is -0.380 e. The number of pyridine rings is 1. The van der Waals surface area contributed by atoms with Crippen LogP contribution in [0.5, 0.6) is 0 Å². The average molecular weight is 277 g/mol. The Morgan fingerprint density at radius 1 is 1.55 bits per heavy atom. The standard InChI is InChI=1S/C14H19N3O3/c18-14(16-19)11-6-10-3-4-17(8-13(10)15-7-11)12-2-1-5-20-9-12/h6-7,12,19H,1-5,8-9H2,(H,16,18). The first kappa shape index (κ1) is 13.5. The van der Waals surface area contributed by atoms with E-state index in [1.54, 1.807) is 5.48 Å². The third-order valence-corrected chi connectivity index (χ3v) is 4.10. The molecule has 0 aromatic carbocycles. The molecule has 1 aromatic rings. The third-order valence-electron chi connectivity index (χ3n) is 4.10. The first-order valence-electron chi connectivity index (χ1n) is 7.02. The maximum atomic E-state index is 11.4. The second kappa shape index (κ2) is 5.87. The summed E-state index contributed by atoms with van der Waals surface area (Å²) in [6, 6.07) is 2.31. The predicted octanol–water partition coefficient (Wildman–Crippen LogP) is 0.738. The van der Waals surface area contributed by atoms with E-state index >= 15 is 0 Å². The van der Waals surface area contributed by atoms with Crippen molar-refractivity contribution in [3.63, 3.8) is 0 Å². The van der Waals surface area contributed by atoms with E-state index < -0.39 is 5.91 Å². The highest BCUT2D eigenvalue weighted by Gasteiger charge is 2.26. The largest absolute Gasteiger partial charge is 0.380 e. The van der Waals surface area contributed by atoms with Crippen molar-refractivity contribution < 1.29 is 14.7 Å². The molecule has 20 heavy (non-hydrogen) atoms. The number of nitrogens with one attached hydrogen (secondary N) is 1. The van der Waals surface area contributed by atoms with Gasteiger partial charge in [-0.15, -0.1) is 0 Å². The molecule has 1 unspecified atom stereocenters. The van der Waals surface area contributed by atoms with Crippen LogP contribution in [0.4, 0.5) is 0 Å². The van der Waals surface area contributed by atoms with Gasteiger partial charge in [-0.05, 0) is 30.9 Å². The number of ether oxygens (including phenoxy) is 1. The summed E-state index contributed by atoms with van der Waals surface area (Å²) in [5, 5.41) is 8.66. The summed E-state index contributed by atoms with van der Waals surface area (Å²) in [5.41, 5.74) is 4.17. The van der Waals surface area contributed by atoms with E-state index in [4.69, 9.17) is 9.94 Å². The highest BCUT2D eigenvalue weighted by atomic mass is 16.5. The van der Waals surface area contributed by atoms with Crippen LogP contribution in [0.25, 0.3) is 0 Å². The molecular formula is C14H19N3O3. The highest BCUT2D eigenvalue weighted by Crippen LogP contribution is 2.23. The molecule has 1 fully saturated rings. The van der Waals surface area contributed by atoms with E-state index in [1.165, 1.54) is 12.6 Å². The molecule has 0 spiro atoms. The summed E-state index contributed by atoms with van der Waals surface area (Å²) >= 11 is 0. The van der Waals surface area contributed by atoms with Gasteiger partial charge in [0.1, 0.15) is 0 Å². The number of hydrogen-bond donors (Lipinski definition) is 2. The predicted molar refractivity (Wildman–Crippen MR) is 71.4 cm³/mol. The van der Waals surface area contributed by atoms with Crippen LogP contribution in [0.15, 0.2) is 12.3 Å². The average Bonchev–Trinajstić information content (AvgIpc) is 2.54. The van der Waals surface area contributed by atoms with Crippen LogP contribution < -0.4 is 5.48 Å². The minimum atomic E-state index is -0.511. The zero-order chi connectivity index (χ0) is 13.9. The highest BCUT2D eigenvalue weighted by molar-refractivity contribution is 5.93. The first-order valence-corrected chi connectivity index (χ1v) is 7.02. The molecule has 0 aliphatic carbocycles. The number of nitrogens with zero attached hydrogens (tertiary/aromatic N) is 2. The van der Waals surface area contributed by atoms with Gasteiger partial charge in [-0.3, -0.25) is 19.9 Å². The lowest BCUT2D eigenvalue weighted by atomic mass is 9.99. The Morgan fingerprint density at radius 2 is 2.45 bits per heavy atom. The Labute approximate surface area is 117 Å². The molecule has 108 valence electrons. The molecule has 3 rings (SSSR count). The lowest BCUT2D eigenvalue weighted by molar-refractivity contribution is 0.0119. The van der Waals surface area contributed by atoms with E-state index in [9.17, 15) is 4.79 Å². The molecule has 2 aliphatic heterocycles. The lowest BCUT2D eigenvalue weighted by Crippen LogP contribution is -2.44. The molecule has 6 nitrogen and oxygen atoms in total. The Morgan fingerprint density at radius 3 is 3.20 bits per heavy atom. The summed E-state index contributed by atoms with van der Waals surface area (Å²) < 4.78 is 5.55. The van der Waals surface area contributed by atoms with Gasteiger partial charge in [0.05, 0.1) is 17.9 Å². The Kier molecular flexibility index (Phi) is 3.95. The van der Waals surface area contributed by atoms with Crippen molar-refractivity contribution in [1.82, 2.24) is 15.4 Å². The number of amides is 1. The van der Waals surface area contributed by atoms with Gasteiger partial charge in [-0.2, -0.15) is 0 Å². The summed E-state index contributed by atoms with van der Waals surface area (Å²) in [6.45, 7) is 3.45. The number of hydrogen-bond acceptors (Lipinski definition) is 5. The van der Waals surface area contributed by atoms with Crippen LogP contribution in [0.2, 0.25) is 0 Å². The second-order valence-corrected chi connectivity index (χ2v) is 5.36. The fourth-order valence-corrected chi connectivity index (χ4v) is 2.95. The maximum Gasteiger partial charge on any atom is 0.276 e. The first-order chi connectivity index (χ1) is 9.78. The third kappa shape index (κ3) is 2.67. The van der Waals surface area contributed by atoms with Gasteiger partial charge >= 0.3 is 0 Å². The number of hydroxylamine groups is 1. The lowest BCUT2D eigenvalue weighted by Gasteiger charge is -2.36. The molecule has 0 bridgehead atoms. The normalized spacial score (nSPS) is 23.1. The van der Waals surface area contributed by atoms with Gasteiger partial charge in [-0.25, -0.2) is 5.48 Å². The summed E-state index contributed by atoms with van der Waals surface area (Å²) in [6.07, 6.45) is 4.70. The molecular weight excluding hydrogens is 258 g/mol. The van der Waals surface area contributed by atoms with Crippen molar-refractivity contribution in [2.75, 3.05) is 19.8 Å². The number of carbonyl (C=O) groups is 1. The van der Waals surface area contributed by atoms with E-state index in [0.29, 0.717) is 11.6 Å². The van der Waals surface area contributed by atoms with Gasteiger partial charge in [0.15, 0.2) is 0 Å². The summed E-state index contributed by atoms with van der Waals surface area (Å²) in [5.74, 6) is -0.511. The minimum absolute atomic E-state index is 0.403. The fraction of sp³-hybridized carbons (Fsp3) is 0.571. The maximum absolute atomic E-state index is 11.4. The number of fused-ring (bicyclic) bond motifs is 1.